The number of rotatable bonds is 0. The van der Waals surface area contributed by atoms with E-state index in [2.05, 4.69) is 0 Å². The summed E-state index contributed by atoms with van der Waals surface area (Å²) in [5, 5.41) is 8.65. The maximum Gasteiger partial charge on any atom is 0.407 e. The number of hydrogen-bond donors (Lipinski definition) is 1. The Morgan fingerprint density at radius 1 is 1.73 bits per heavy atom. The van der Waals surface area contributed by atoms with Crippen LogP contribution in [-0.2, 0) is 4.74 Å². The summed E-state index contributed by atoms with van der Waals surface area (Å²) in [7, 11) is 0. The van der Waals surface area contributed by atoms with E-state index in [0.717, 1.165) is 0 Å². The van der Waals surface area contributed by atoms with Crippen LogP contribution < -0.4 is 0 Å². The number of ether oxygens (including phenoxy) is 1. The van der Waals surface area contributed by atoms with E-state index in [4.69, 9.17) is 9.84 Å². The summed E-state index contributed by atoms with van der Waals surface area (Å²) >= 11 is 0. The van der Waals surface area contributed by atoms with Crippen LogP contribution in [0.3, 0.4) is 0 Å². The topological polar surface area (TPSA) is 49.8 Å². The van der Waals surface area contributed by atoms with E-state index in [1.807, 2.05) is 6.92 Å². The van der Waals surface area contributed by atoms with Gasteiger partial charge in [0.15, 0.2) is 0 Å². The predicted molar refractivity (Wildman–Crippen MR) is 39.6 cm³/mol. The molecule has 0 bridgehead atoms. The highest BCUT2D eigenvalue weighted by molar-refractivity contribution is 5.64. The van der Waals surface area contributed by atoms with E-state index < -0.39 is 6.09 Å². The predicted octanol–water partition coefficient (Wildman–Crippen LogP) is 0.633. The summed E-state index contributed by atoms with van der Waals surface area (Å²) in [5.41, 5.74) is 0. The first kappa shape index (κ1) is 8.33. The van der Waals surface area contributed by atoms with Gasteiger partial charge in [0.05, 0.1) is 13.2 Å². The number of carbonyl (C=O) groups is 1. The molecule has 0 aromatic heterocycles. The quantitative estimate of drug-likeness (QED) is 0.564. The Bertz CT molecular complexity index is 149. The smallest absolute Gasteiger partial charge is 0.407 e. The molecule has 64 valence electrons. The minimum absolute atomic E-state index is 0.314. The van der Waals surface area contributed by atoms with Gasteiger partial charge < -0.3 is 14.7 Å². The molecule has 11 heavy (non-hydrogen) atoms. The molecular weight excluding hydrogens is 146 g/mol. The standard InChI is InChI=1S/C7H13NO3/c1-6-4-8(7(9)10)2-3-11-5-6/h6H,2-5H2,1H3,(H,9,10). The third-order valence-corrected chi connectivity index (χ3v) is 1.71. The molecule has 0 aliphatic carbocycles. The maximum absolute atomic E-state index is 10.5. The van der Waals surface area contributed by atoms with Gasteiger partial charge in [-0.2, -0.15) is 0 Å². The Morgan fingerprint density at radius 3 is 3.09 bits per heavy atom. The molecule has 1 aliphatic heterocycles. The van der Waals surface area contributed by atoms with Crippen molar-refractivity contribution in [1.29, 1.82) is 0 Å². The highest BCUT2D eigenvalue weighted by Gasteiger charge is 2.18. The Morgan fingerprint density at radius 2 is 2.45 bits per heavy atom. The van der Waals surface area contributed by atoms with Gasteiger partial charge in [-0.1, -0.05) is 6.92 Å². The zero-order valence-electron chi connectivity index (χ0n) is 6.62. The van der Waals surface area contributed by atoms with Crippen molar-refractivity contribution in [3.8, 4) is 0 Å². The zero-order valence-corrected chi connectivity index (χ0v) is 6.62. The summed E-state index contributed by atoms with van der Waals surface area (Å²) in [4.78, 5) is 11.9. The molecule has 1 rings (SSSR count). The van der Waals surface area contributed by atoms with Crippen LogP contribution in [0.15, 0.2) is 0 Å². The van der Waals surface area contributed by atoms with Crippen LogP contribution in [0.5, 0.6) is 0 Å². The first-order valence-electron chi connectivity index (χ1n) is 3.75. The van der Waals surface area contributed by atoms with Gasteiger partial charge in [-0.3, -0.25) is 0 Å². The normalized spacial score (nSPS) is 26.3. The van der Waals surface area contributed by atoms with Gasteiger partial charge in [-0.25, -0.2) is 4.79 Å². The molecule has 0 aromatic rings. The highest BCUT2D eigenvalue weighted by atomic mass is 16.5. The number of amides is 1. The zero-order chi connectivity index (χ0) is 8.27. The minimum atomic E-state index is -0.845. The second kappa shape index (κ2) is 3.57. The van der Waals surface area contributed by atoms with Crippen molar-refractivity contribution in [3.05, 3.63) is 0 Å². The molecule has 1 saturated heterocycles. The third-order valence-electron chi connectivity index (χ3n) is 1.71. The van der Waals surface area contributed by atoms with Gasteiger partial charge in [-0.15, -0.1) is 0 Å². The molecule has 4 heteroatoms. The van der Waals surface area contributed by atoms with Crippen molar-refractivity contribution in [3.63, 3.8) is 0 Å². The summed E-state index contributed by atoms with van der Waals surface area (Å²) in [6, 6.07) is 0. The average molecular weight is 159 g/mol. The molecule has 4 nitrogen and oxygen atoms in total. The van der Waals surface area contributed by atoms with Crippen molar-refractivity contribution >= 4 is 6.09 Å². The number of carboxylic acid groups (broad SMARTS) is 1. The molecule has 1 N–H and O–H groups in total. The molecule has 1 heterocycles. The summed E-state index contributed by atoms with van der Waals surface area (Å²) < 4.78 is 5.18. The van der Waals surface area contributed by atoms with Gasteiger partial charge >= 0.3 is 6.09 Å². The molecule has 0 aromatic carbocycles. The lowest BCUT2D eigenvalue weighted by Crippen LogP contribution is -2.33. The molecule has 0 saturated carbocycles. The Balaban J connectivity index is 2.45. The Hall–Kier alpha value is -0.770. The fraction of sp³-hybridized carbons (Fsp3) is 0.857. The van der Waals surface area contributed by atoms with Crippen LogP contribution in [0.25, 0.3) is 0 Å². The van der Waals surface area contributed by atoms with Gasteiger partial charge in [0.2, 0.25) is 0 Å². The fourth-order valence-electron chi connectivity index (χ4n) is 1.15. The Kier molecular flexibility index (Phi) is 2.70. The lowest BCUT2D eigenvalue weighted by molar-refractivity contribution is 0.122. The second-order valence-corrected chi connectivity index (χ2v) is 2.91. The van der Waals surface area contributed by atoms with Gasteiger partial charge in [-0.05, 0) is 5.92 Å². The number of hydrogen-bond acceptors (Lipinski definition) is 2. The average Bonchev–Trinajstić information content (AvgIpc) is 2.13. The molecule has 1 amide bonds. The van der Waals surface area contributed by atoms with E-state index in [1.165, 1.54) is 4.90 Å². The van der Waals surface area contributed by atoms with E-state index in [-0.39, 0.29) is 0 Å². The molecule has 0 spiro atoms. The second-order valence-electron chi connectivity index (χ2n) is 2.91. The summed E-state index contributed by atoms with van der Waals surface area (Å²) in [5.74, 6) is 0.314. The van der Waals surface area contributed by atoms with Crippen molar-refractivity contribution in [2.45, 2.75) is 6.92 Å². The molecule has 1 aliphatic rings. The van der Waals surface area contributed by atoms with Gasteiger partial charge in [0.1, 0.15) is 0 Å². The van der Waals surface area contributed by atoms with Gasteiger partial charge in [0, 0.05) is 13.1 Å². The van der Waals surface area contributed by atoms with E-state index in [9.17, 15) is 4.79 Å². The van der Waals surface area contributed by atoms with Gasteiger partial charge in [0.25, 0.3) is 0 Å². The maximum atomic E-state index is 10.5. The van der Waals surface area contributed by atoms with E-state index >= 15 is 0 Å². The lowest BCUT2D eigenvalue weighted by Gasteiger charge is -2.17. The third kappa shape index (κ3) is 2.38. The van der Waals surface area contributed by atoms with Crippen LogP contribution >= 0.6 is 0 Å². The monoisotopic (exact) mass is 159 g/mol. The van der Waals surface area contributed by atoms with Crippen LogP contribution in [0.2, 0.25) is 0 Å². The molecule has 0 radical (unpaired) electrons. The molecule has 1 fully saturated rings. The SMILES string of the molecule is CC1COCCN(C(=O)O)C1. The molecular formula is C7H13NO3. The largest absolute Gasteiger partial charge is 0.465 e. The fourth-order valence-corrected chi connectivity index (χ4v) is 1.15. The summed E-state index contributed by atoms with van der Waals surface area (Å²) in [6.45, 7) is 4.27. The first-order valence-corrected chi connectivity index (χ1v) is 3.75. The summed E-state index contributed by atoms with van der Waals surface area (Å²) in [6.07, 6.45) is -0.845. The first-order chi connectivity index (χ1) is 5.20. The van der Waals surface area contributed by atoms with E-state index in [1.54, 1.807) is 0 Å². The van der Waals surface area contributed by atoms with Crippen molar-refractivity contribution in [1.82, 2.24) is 4.90 Å². The van der Waals surface area contributed by atoms with E-state index in [0.29, 0.717) is 32.2 Å². The van der Waals surface area contributed by atoms with Crippen LogP contribution in [0.4, 0.5) is 4.79 Å². The van der Waals surface area contributed by atoms with Crippen molar-refractivity contribution in [2.75, 3.05) is 26.3 Å². The molecule has 1 unspecified atom stereocenters. The van der Waals surface area contributed by atoms with Crippen molar-refractivity contribution in [2.24, 2.45) is 5.92 Å². The van der Waals surface area contributed by atoms with Crippen LogP contribution in [-0.4, -0.2) is 42.4 Å². The van der Waals surface area contributed by atoms with Crippen LogP contribution in [0, 0.1) is 5.92 Å². The highest BCUT2D eigenvalue weighted by Crippen LogP contribution is 2.05. The van der Waals surface area contributed by atoms with Crippen LogP contribution in [0.1, 0.15) is 6.92 Å². The molecule has 1 atom stereocenters. The minimum Gasteiger partial charge on any atom is -0.465 e. The lowest BCUT2D eigenvalue weighted by atomic mass is 10.2. The Labute approximate surface area is 65.8 Å². The van der Waals surface area contributed by atoms with Crippen molar-refractivity contribution < 1.29 is 14.6 Å². The number of nitrogens with zero attached hydrogens (tertiary/aromatic N) is 1.